The Morgan fingerprint density at radius 3 is 2.31 bits per heavy atom. The number of fused-ring (bicyclic) bond motifs is 3. The Bertz CT molecular complexity index is 978. The maximum atomic E-state index is 12.3. The molecule has 3 atom stereocenters. The highest BCUT2D eigenvalue weighted by Crippen LogP contribution is 2.44. The molecule has 2 aliphatic rings. The topological polar surface area (TPSA) is 114 Å². The largest absolute Gasteiger partial charge is 0.481 e. The number of carbonyl (C=O) groups is 3. The minimum absolute atomic E-state index is 0.0565. The van der Waals surface area contributed by atoms with Crippen LogP contribution >= 0.6 is 0 Å². The highest BCUT2D eigenvalue weighted by atomic mass is 16.5. The van der Waals surface area contributed by atoms with Crippen LogP contribution in [0.15, 0.2) is 48.5 Å². The summed E-state index contributed by atoms with van der Waals surface area (Å²) >= 11 is 0. The Balaban J connectivity index is 1.26. The molecular weight excluding hydrogens is 412 g/mol. The fourth-order valence-corrected chi connectivity index (χ4v) is 4.27. The highest BCUT2D eigenvalue weighted by Gasteiger charge is 2.32. The van der Waals surface area contributed by atoms with Crippen LogP contribution in [0.5, 0.6) is 0 Å². The molecule has 0 saturated carbocycles. The van der Waals surface area contributed by atoms with Crippen molar-refractivity contribution in [2.75, 3.05) is 19.8 Å². The number of ether oxygens (including phenoxy) is 2. The van der Waals surface area contributed by atoms with Gasteiger partial charge in [-0.05, 0) is 35.6 Å². The summed E-state index contributed by atoms with van der Waals surface area (Å²) in [5.41, 5.74) is 4.51. The lowest BCUT2D eigenvalue weighted by Crippen LogP contribution is -2.46. The number of carboxylic acid groups (broad SMARTS) is 1. The van der Waals surface area contributed by atoms with Crippen LogP contribution in [0, 0.1) is 5.92 Å². The number of amides is 2. The van der Waals surface area contributed by atoms with Crippen molar-refractivity contribution in [2.45, 2.75) is 31.4 Å². The van der Waals surface area contributed by atoms with E-state index >= 15 is 0 Å². The van der Waals surface area contributed by atoms with Crippen molar-refractivity contribution in [3.63, 3.8) is 0 Å². The third-order valence-electron chi connectivity index (χ3n) is 6.01. The molecule has 4 rings (SSSR count). The first-order valence-electron chi connectivity index (χ1n) is 10.7. The van der Waals surface area contributed by atoms with Crippen molar-refractivity contribution in [2.24, 2.45) is 5.92 Å². The Hall–Kier alpha value is -3.39. The van der Waals surface area contributed by atoms with Gasteiger partial charge in [-0.1, -0.05) is 48.5 Å². The first-order valence-corrected chi connectivity index (χ1v) is 10.7. The number of aliphatic carboxylic acids is 1. The molecule has 0 radical (unpaired) electrons. The lowest BCUT2D eigenvalue weighted by Gasteiger charge is -2.18. The van der Waals surface area contributed by atoms with Crippen LogP contribution in [0.1, 0.15) is 30.4 Å². The molecule has 0 aromatic heterocycles. The second kappa shape index (κ2) is 9.40. The van der Waals surface area contributed by atoms with Crippen molar-refractivity contribution in [1.29, 1.82) is 0 Å². The van der Waals surface area contributed by atoms with Gasteiger partial charge in [-0.15, -0.1) is 0 Å². The van der Waals surface area contributed by atoms with E-state index in [9.17, 15) is 14.4 Å². The molecule has 168 valence electrons. The standard InChI is InChI=1S/C24H26N2O6/c1-14(22(27)25-11-16-10-15(12-31-16)23(28)29)26-24(30)32-13-21-19-8-4-2-6-17(19)18-7-3-5-9-20(18)21/h2-9,14-16,21H,10-13H2,1H3,(H,25,27)(H,26,30)(H,28,29)/t14-,15?,16?/m1/s1. The molecule has 1 saturated heterocycles. The average Bonchev–Trinajstić information content (AvgIpc) is 3.39. The zero-order valence-corrected chi connectivity index (χ0v) is 17.7. The molecule has 2 aromatic carbocycles. The fraction of sp³-hybridized carbons (Fsp3) is 0.375. The summed E-state index contributed by atoms with van der Waals surface area (Å²) in [5.74, 6) is -1.89. The van der Waals surface area contributed by atoms with Crippen LogP contribution in [-0.4, -0.2) is 55.0 Å². The molecule has 8 nitrogen and oxygen atoms in total. The smallest absolute Gasteiger partial charge is 0.407 e. The molecule has 1 aliphatic carbocycles. The predicted octanol–water partition coefficient (Wildman–Crippen LogP) is 2.52. The molecule has 0 spiro atoms. The van der Waals surface area contributed by atoms with Gasteiger partial charge in [-0.2, -0.15) is 0 Å². The maximum absolute atomic E-state index is 12.3. The summed E-state index contributed by atoms with van der Waals surface area (Å²) in [5, 5.41) is 14.2. The van der Waals surface area contributed by atoms with Gasteiger partial charge in [0.2, 0.25) is 5.91 Å². The zero-order chi connectivity index (χ0) is 22.7. The average molecular weight is 438 g/mol. The summed E-state index contributed by atoms with van der Waals surface area (Å²) in [6.45, 7) is 2.07. The van der Waals surface area contributed by atoms with Crippen LogP contribution in [0.25, 0.3) is 11.1 Å². The lowest BCUT2D eigenvalue weighted by molar-refractivity contribution is -0.141. The number of rotatable bonds is 7. The molecule has 3 N–H and O–H groups in total. The normalized spacial score (nSPS) is 20.2. The third kappa shape index (κ3) is 4.60. The van der Waals surface area contributed by atoms with Gasteiger partial charge < -0.3 is 25.2 Å². The molecule has 2 aromatic rings. The van der Waals surface area contributed by atoms with Crippen molar-refractivity contribution in [1.82, 2.24) is 10.6 Å². The van der Waals surface area contributed by atoms with Crippen molar-refractivity contribution >= 4 is 18.0 Å². The zero-order valence-electron chi connectivity index (χ0n) is 17.7. The van der Waals surface area contributed by atoms with E-state index in [1.807, 2.05) is 36.4 Å². The Labute approximate surface area is 185 Å². The van der Waals surface area contributed by atoms with Crippen LogP contribution in [0.3, 0.4) is 0 Å². The first kappa shape index (κ1) is 21.8. The maximum Gasteiger partial charge on any atom is 0.407 e. The van der Waals surface area contributed by atoms with Crippen LogP contribution in [0.2, 0.25) is 0 Å². The van der Waals surface area contributed by atoms with Crippen LogP contribution < -0.4 is 10.6 Å². The van der Waals surface area contributed by atoms with Crippen molar-refractivity contribution in [3.8, 4) is 11.1 Å². The molecular formula is C24H26N2O6. The van der Waals surface area contributed by atoms with Crippen LogP contribution in [0.4, 0.5) is 4.79 Å². The first-order chi connectivity index (χ1) is 15.4. The molecule has 2 unspecified atom stereocenters. The van der Waals surface area contributed by atoms with E-state index < -0.39 is 24.0 Å². The minimum atomic E-state index is -0.899. The molecule has 8 heteroatoms. The highest BCUT2D eigenvalue weighted by molar-refractivity contribution is 5.85. The Morgan fingerprint density at radius 1 is 1.09 bits per heavy atom. The van der Waals surface area contributed by atoms with Gasteiger partial charge >= 0.3 is 12.1 Å². The molecule has 1 aliphatic heterocycles. The SMILES string of the molecule is C[C@@H](NC(=O)OCC1c2ccccc2-c2ccccc21)C(=O)NCC1CC(C(=O)O)CO1. The van der Waals surface area contributed by atoms with Gasteiger partial charge in [0.15, 0.2) is 0 Å². The second-order valence-corrected chi connectivity index (χ2v) is 8.16. The number of hydrogen-bond acceptors (Lipinski definition) is 5. The fourth-order valence-electron chi connectivity index (χ4n) is 4.27. The number of carboxylic acids is 1. The van der Waals surface area contributed by atoms with E-state index in [0.717, 1.165) is 22.3 Å². The van der Waals surface area contributed by atoms with E-state index in [2.05, 4.69) is 22.8 Å². The van der Waals surface area contributed by atoms with E-state index in [4.69, 9.17) is 14.6 Å². The summed E-state index contributed by atoms with van der Waals surface area (Å²) in [6.07, 6.45) is -0.664. The number of alkyl carbamates (subject to hydrolysis) is 1. The van der Waals surface area contributed by atoms with Gasteiger partial charge in [0.25, 0.3) is 0 Å². The predicted molar refractivity (Wildman–Crippen MR) is 116 cm³/mol. The Kier molecular flexibility index (Phi) is 6.41. The van der Waals surface area contributed by atoms with E-state index in [1.54, 1.807) is 6.92 Å². The molecule has 1 heterocycles. The van der Waals surface area contributed by atoms with Crippen molar-refractivity contribution in [3.05, 3.63) is 59.7 Å². The van der Waals surface area contributed by atoms with Gasteiger partial charge in [0.05, 0.1) is 18.6 Å². The minimum Gasteiger partial charge on any atom is -0.481 e. The molecule has 32 heavy (non-hydrogen) atoms. The number of nitrogens with one attached hydrogen (secondary N) is 2. The summed E-state index contributed by atoms with van der Waals surface area (Å²) in [7, 11) is 0. The molecule has 2 amide bonds. The van der Waals surface area contributed by atoms with E-state index in [-0.39, 0.29) is 37.7 Å². The lowest BCUT2D eigenvalue weighted by atomic mass is 9.98. The second-order valence-electron chi connectivity index (χ2n) is 8.16. The molecule has 1 fully saturated rings. The van der Waals surface area contributed by atoms with E-state index in [0.29, 0.717) is 6.42 Å². The summed E-state index contributed by atoms with van der Waals surface area (Å²) < 4.78 is 10.8. The summed E-state index contributed by atoms with van der Waals surface area (Å²) in [6, 6.07) is 15.3. The quantitative estimate of drug-likeness (QED) is 0.612. The number of hydrogen-bond donors (Lipinski definition) is 3. The van der Waals surface area contributed by atoms with Gasteiger partial charge in [-0.25, -0.2) is 4.79 Å². The molecule has 0 bridgehead atoms. The number of benzene rings is 2. The van der Waals surface area contributed by atoms with Crippen LogP contribution in [-0.2, 0) is 19.1 Å². The Morgan fingerprint density at radius 2 is 1.72 bits per heavy atom. The number of carbonyl (C=O) groups excluding carboxylic acids is 2. The summed E-state index contributed by atoms with van der Waals surface area (Å²) in [4.78, 5) is 35.6. The monoisotopic (exact) mass is 438 g/mol. The van der Waals surface area contributed by atoms with Gasteiger partial charge in [-0.3, -0.25) is 9.59 Å². The van der Waals surface area contributed by atoms with Gasteiger partial charge in [0.1, 0.15) is 12.6 Å². The third-order valence-corrected chi connectivity index (χ3v) is 6.01. The van der Waals surface area contributed by atoms with E-state index in [1.165, 1.54) is 0 Å². The van der Waals surface area contributed by atoms with Crippen molar-refractivity contribution < 1.29 is 29.0 Å². The van der Waals surface area contributed by atoms with Gasteiger partial charge in [0, 0.05) is 12.5 Å².